The second-order valence-electron chi connectivity index (χ2n) is 14.7. The molecule has 2 bridgehead atoms. The van der Waals surface area contributed by atoms with Crippen molar-refractivity contribution in [1.29, 1.82) is 0 Å². The van der Waals surface area contributed by atoms with Gasteiger partial charge in [0.15, 0.2) is 12.1 Å². The quantitative estimate of drug-likeness (QED) is 0.403. The molecule has 10 heteroatoms. The van der Waals surface area contributed by atoms with Gasteiger partial charge in [0.05, 0.1) is 18.7 Å². The topological polar surface area (TPSA) is 131 Å². The Labute approximate surface area is 265 Å². The number of esters is 1. The number of aromatic nitrogens is 1. The fourth-order valence-electron chi connectivity index (χ4n) is 9.54. The smallest absolute Gasteiger partial charge is 0.308 e. The van der Waals surface area contributed by atoms with Crippen molar-refractivity contribution < 1.29 is 39.1 Å². The van der Waals surface area contributed by atoms with E-state index in [-0.39, 0.29) is 48.0 Å². The number of ether oxygens (including phenoxy) is 4. The van der Waals surface area contributed by atoms with Crippen LogP contribution in [0.5, 0.6) is 5.75 Å². The van der Waals surface area contributed by atoms with Crippen molar-refractivity contribution >= 4 is 16.9 Å². The number of fused-ring (bicyclic) bond motifs is 4. The van der Waals surface area contributed by atoms with E-state index in [0.29, 0.717) is 25.3 Å². The molecule has 6 aliphatic rings. The molecule has 246 valence electrons. The number of nitrogens with zero attached hydrogens (tertiary/aromatic N) is 2. The Kier molecular flexibility index (Phi) is 8.14. The monoisotopic (exact) mass is 624 g/mol. The van der Waals surface area contributed by atoms with E-state index >= 15 is 0 Å². The van der Waals surface area contributed by atoms with Crippen LogP contribution in [-0.2, 0) is 19.0 Å². The predicted octanol–water partition coefficient (Wildman–Crippen LogP) is 4.15. The lowest BCUT2D eigenvalue weighted by Crippen LogP contribution is -2.67. The standard InChI is InChI=1S/C35H48N2O8/c1-19-5-7-27-20(2)32(44-33-35(27,41)26(19)9-12-34(3,40)45-33)43-30(38)16-22-18-37-14-11-21(22)15-29(37)31(39)24-10-13-36-28-8-6-23(42-4)17-25(24)28/h6,8,10,13,17,19-22,26-27,29,31-33,39-41H,5,7,9,11-12,14-16,18H2,1-4H3/t19-,20-,21?,22?,26+,27+,29?,31?,32-,33-,34+,35-/m1/s1. The summed E-state index contributed by atoms with van der Waals surface area (Å²) < 4.78 is 23.7. The summed E-state index contributed by atoms with van der Waals surface area (Å²) in [5, 5.41) is 35.5. The zero-order valence-electron chi connectivity index (χ0n) is 26.8. The zero-order valence-corrected chi connectivity index (χ0v) is 26.8. The first kappa shape index (κ1) is 31.3. The molecule has 13 atom stereocenters. The third-order valence-electron chi connectivity index (χ3n) is 12.1. The van der Waals surface area contributed by atoms with Gasteiger partial charge in [0, 0.05) is 48.8 Å². The highest BCUT2D eigenvalue weighted by atomic mass is 16.8. The molecule has 1 aromatic carbocycles. The van der Waals surface area contributed by atoms with E-state index in [1.54, 1.807) is 20.2 Å². The highest BCUT2D eigenvalue weighted by Crippen LogP contribution is 2.56. The van der Waals surface area contributed by atoms with Crippen LogP contribution in [0.15, 0.2) is 30.5 Å². The number of carbonyl (C=O) groups excluding carboxylic acids is 1. The molecule has 0 amide bonds. The highest BCUT2D eigenvalue weighted by molar-refractivity contribution is 5.84. The first-order valence-electron chi connectivity index (χ1n) is 16.8. The molecule has 2 aromatic rings. The summed E-state index contributed by atoms with van der Waals surface area (Å²) in [6.45, 7) is 7.35. The molecular formula is C35H48N2O8. The van der Waals surface area contributed by atoms with Gasteiger partial charge in [-0.1, -0.05) is 13.8 Å². The van der Waals surface area contributed by atoms with Gasteiger partial charge >= 0.3 is 5.97 Å². The number of hydrogen-bond acceptors (Lipinski definition) is 10. The predicted molar refractivity (Wildman–Crippen MR) is 165 cm³/mol. The molecule has 6 fully saturated rings. The van der Waals surface area contributed by atoms with Gasteiger partial charge in [-0.3, -0.25) is 14.7 Å². The van der Waals surface area contributed by atoms with E-state index in [9.17, 15) is 20.1 Å². The Balaban J connectivity index is 1.02. The van der Waals surface area contributed by atoms with E-state index in [4.69, 9.17) is 18.9 Å². The average Bonchev–Trinajstić information content (AvgIpc) is 3.12. The van der Waals surface area contributed by atoms with Crippen LogP contribution < -0.4 is 4.74 Å². The summed E-state index contributed by atoms with van der Waals surface area (Å²) in [5.74, 6) is -0.761. The highest BCUT2D eigenvalue weighted by Gasteiger charge is 2.64. The fourth-order valence-corrected chi connectivity index (χ4v) is 9.54. The van der Waals surface area contributed by atoms with Crippen LogP contribution in [0.4, 0.5) is 0 Å². The van der Waals surface area contributed by atoms with Crippen molar-refractivity contribution in [3.8, 4) is 5.75 Å². The maximum absolute atomic E-state index is 13.5. The van der Waals surface area contributed by atoms with E-state index in [1.165, 1.54) is 0 Å². The molecule has 0 radical (unpaired) electrons. The molecule has 5 aliphatic heterocycles. The Morgan fingerprint density at radius 2 is 1.98 bits per heavy atom. The lowest BCUT2D eigenvalue weighted by atomic mass is 9.58. The number of piperidine rings is 3. The molecule has 45 heavy (non-hydrogen) atoms. The minimum Gasteiger partial charge on any atom is -0.497 e. The summed E-state index contributed by atoms with van der Waals surface area (Å²) in [5.41, 5.74) is 0.421. The molecular weight excluding hydrogens is 576 g/mol. The van der Waals surface area contributed by atoms with Crippen LogP contribution >= 0.6 is 0 Å². The molecule has 6 heterocycles. The zero-order chi connectivity index (χ0) is 31.7. The fraction of sp³-hybridized carbons (Fsp3) is 0.714. The molecule has 1 aliphatic carbocycles. The second kappa shape index (κ2) is 11.7. The maximum atomic E-state index is 13.5. The third-order valence-corrected chi connectivity index (χ3v) is 12.1. The number of pyridine rings is 1. The van der Waals surface area contributed by atoms with Crippen LogP contribution in [0, 0.1) is 35.5 Å². The molecule has 5 unspecified atom stereocenters. The number of rotatable bonds is 6. The normalized spacial score (nSPS) is 43.3. The van der Waals surface area contributed by atoms with E-state index in [1.807, 2.05) is 31.2 Å². The SMILES string of the molecule is COc1ccc2nccc(C(O)C3CC4CCN3CC4CC(=O)O[C@@H]3O[C@@H]4O[C@](C)(O)CC[C@H]5[C@H](C)CC[C@@H]([C@H]3C)[C@@]45O)c2c1. The number of aliphatic hydroxyl groups is 3. The van der Waals surface area contributed by atoms with Crippen molar-refractivity contribution in [2.24, 2.45) is 35.5 Å². The Hall–Kier alpha value is -2.34. The maximum Gasteiger partial charge on any atom is 0.308 e. The molecule has 3 N–H and O–H groups in total. The lowest BCUT2D eigenvalue weighted by molar-refractivity contribution is -0.403. The summed E-state index contributed by atoms with van der Waals surface area (Å²) in [6.07, 6.45) is 3.99. The first-order chi connectivity index (χ1) is 21.5. The first-order valence-corrected chi connectivity index (χ1v) is 16.8. The van der Waals surface area contributed by atoms with Crippen molar-refractivity contribution in [1.82, 2.24) is 9.88 Å². The lowest BCUT2D eigenvalue weighted by Gasteiger charge is -2.57. The molecule has 8 rings (SSSR count). The van der Waals surface area contributed by atoms with Crippen LogP contribution in [0.2, 0.25) is 0 Å². The van der Waals surface area contributed by atoms with E-state index < -0.39 is 30.1 Å². The molecule has 10 nitrogen and oxygen atoms in total. The van der Waals surface area contributed by atoms with E-state index in [0.717, 1.165) is 54.4 Å². The number of benzene rings is 1. The largest absolute Gasteiger partial charge is 0.497 e. The number of hydrogen-bond donors (Lipinski definition) is 3. The van der Waals surface area contributed by atoms with Crippen molar-refractivity contribution in [2.45, 2.75) is 102 Å². The Morgan fingerprint density at radius 3 is 2.73 bits per heavy atom. The molecule has 5 saturated heterocycles. The molecule has 1 saturated carbocycles. The summed E-state index contributed by atoms with van der Waals surface area (Å²) in [6, 6.07) is 7.56. The van der Waals surface area contributed by atoms with Crippen molar-refractivity contribution in [3.63, 3.8) is 0 Å². The Bertz CT molecular complexity index is 1420. The van der Waals surface area contributed by atoms with Gasteiger partial charge in [-0.25, -0.2) is 0 Å². The number of aliphatic hydroxyl groups excluding tert-OH is 1. The van der Waals surface area contributed by atoms with Gasteiger partial charge in [-0.05, 0) is 99.1 Å². The number of methoxy groups -OCH3 is 1. The van der Waals surface area contributed by atoms with Gasteiger partial charge in [-0.15, -0.1) is 0 Å². The van der Waals surface area contributed by atoms with Gasteiger partial charge in [0.1, 0.15) is 11.4 Å². The summed E-state index contributed by atoms with van der Waals surface area (Å²) in [7, 11) is 1.63. The summed E-state index contributed by atoms with van der Waals surface area (Å²) in [4.78, 5) is 20.3. The van der Waals surface area contributed by atoms with Gasteiger partial charge in [0.25, 0.3) is 0 Å². The minimum atomic E-state index is -1.43. The third kappa shape index (κ3) is 5.45. The van der Waals surface area contributed by atoms with Crippen LogP contribution in [0.3, 0.4) is 0 Å². The molecule has 1 aromatic heterocycles. The van der Waals surface area contributed by atoms with E-state index in [2.05, 4.69) is 16.8 Å². The second-order valence-corrected chi connectivity index (χ2v) is 14.7. The summed E-state index contributed by atoms with van der Waals surface area (Å²) >= 11 is 0. The Morgan fingerprint density at radius 1 is 1.16 bits per heavy atom. The molecule has 0 spiro atoms. The van der Waals surface area contributed by atoms with Crippen molar-refractivity contribution in [3.05, 3.63) is 36.0 Å². The van der Waals surface area contributed by atoms with Gasteiger partial charge in [-0.2, -0.15) is 0 Å². The number of carbonyl (C=O) groups is 1. The van der Waals surface area contributed by atoms with Crippen LogP contribution in [-0.4, -0.2) is 81.4 Å². The minimum absolute atomic E-state index is 0.0472. The van der Waals surface area contributed by atoms with Crippen LogP contribution in [0.1, 0.15) is 77.4 Å². The van der Waals surface area contributed by atoms with Gasteiger partial charge in [0.2, 0.25) is 6.29 Å². The van der Waals surface area contributed by atoms with Crippen LogP contribution in [0.25, 0.3) is 10.9 Å². The average molecular weight is 625 g/mol. The van der Waals surface area contributed by atoms with Crippen molar-refractivity contribution in [2.75, 3.05) is 20.2 Å². The van der Waals surface area contributed by atoms with Gasteiger partial charge < -0.3 is 34.3 Å².